The molecule has 0 spiro atoms. The minimum absolute atomic E-state index is 0.00886. The number of carbonyl (C=O) groups is 1. The van der Waals surface area contributed by atoms with Gasteiger partial charge in [-0.2, -0.15) is 0 Å². The van der Waals surface area contributed by atoms with Crippen LogP contribution < -0.4 is 0 Å². The van der Waals surface area contributed by atoms with Gasteiger partial charge in [0, 0.05) is 11.3 Å². The van der Waals surface area contributed by atoms with Gasteiger partial charge in [0.1, 0.15) is 10.9 Å². The van der Waals surface area contributed by atoms with E-state index in [0.717, 1.165) is 56.3 Å². The molecular formula is C47H84O5SSi. The predicted molar refractivity (Wildman–Crippen MR) is 233 cm³/mol. The number of rotatable bonds is 30. The molecule has 2 saturated heterocycles. The first-order valence-corrected chi connectivity index (χ1v) is 26.6. The average Bonchev–Trinajstić information content (AvgIpc) is 3.73. The highest BCUT2D eigenvalue weighted by Gasteiger charge is 2.48. The molecule has 0 saturated carbocycles. The first kappa shape index (κ1) is 47.5. The maximum Gasteiger partial charge on any atom is 0.322 e. The fourth-order valence-electron chi connectivity index (χ4n) is 8.25. The normalized spacial score (nSPS) is 23.2. The lowest BCUT2D eigenvalue weighted by atomic mass is 9.96. The van der Waals surface area contributed by atoms with Crippen LogP contribution in [0.5, 0.6) is 0 Å². The second-order valence-electron chi connectivity index (χ2n) is 18.6. The van der Waals surface area contributed by atoms with Crippen molar-refractivity contribution in [2.45, 2.75) is 260 Å². The molecule has 0 amide bonds. The fourth-order valence-corrected chi connectivity index (χ4v) is 11.1. The largest absolute Gasteiger partial charge is 0.462 e. The van der Waals surface area contributed by atoms with Crippen LogP contribution in [0.1, 0.15) is 202 Å². The molecular weight excluding hydrogens is 705 g/mol. The Labute approximate surface area is 338 Å². The number of carbonyl (C=O) groups excluding carboxylic acids is 1. The fraction of sp³-hybridized carbons (Fsp3) is 0.851. The summed E-state index contributed by atoms with van der Waals surface area (Å²) in [7, 11) is -1.91. The van der Waals surface area contributed by atoms with Crippen molar-refractivity contribution in [2.24, 2.45) is 0 Å². The summed E-state index contributed by atoms with van der Waals surface area (Å²) < 4.78 is 18.9. The zero-order valence-electron chi connectivity index (χ0n) is 36.1. The molecule has 1 aromatic carbocycles. The van der Waals surface area contributed by atoms with E-state index in [4.69, 9.17) is 13.9 Å². The molecule has 2 aliphatic rings. The van der Waals surface area contributed by atoms with Crippen LogP contribution in [-0.4, -0.2) is 54.7 Å². The molecule has 2 heterocycles. The van der Waals surface area contributed by atoms with Crippen LogP contribution in [0.3, 0.4) is 0 Å². The number of aliphatic hydroxyl groups is 1. The lowest BCUT2D eigenvalue weighted by Crippen LogP contribution is -2.47. The predicted octanol–water partition coefficient (Wildman–Crippen LogP) is 14.1. The molecule has 0 aromatic heterocycles. The Kier molecular flexibility index (Phi) is 22.4. The number of hydrogen-bond donors (Lipinski definition) is 1. The standard InChI is InChI=1S/C47H84O5SSi/c1-8-9-10-11-12-13-17-20-23-29-34-44(52-54(6,7)46(3,4)5)43-36-35-42(51-43)41(48)33-28-22-19-16-14-15-18-21-24-30-37-47(38-39(2)50-45(47)49)53-40-31-26-25-27-32-40/h25-27,31-32,39,41-44,48H,8-24,28-30,33-38H2,1-7H3/t39-,41-,42-,43-,44-,47?/m1/s1. The van der Waals surface area contributed by atoms with E-state index >= 15 is 0 Å². The first-order valence-electron chi connectivity index (χ1n) is 22.8. The van der Waals surface area contributed by atoms with E-state index in [2.05, 4.69) is 52.9 Å². The van der Waals surface area contributed by atoms with Crippen molar-refractivity contribution in [3.8, 4) is 0 Å². The number of unbranched alkanes of at least 4 members (excludes halogenated alkanes) is 18. The van der Waals surface area contributed by atoms with Gasteiger partial charge in [-0.1, -0.05) is 174 Å². The maximum absolute atomic E-state index is 12.9. The van der Waals surface area contributed by atoms with E-state index in [0.29, 0.717) is 0 Å². The van der Waals surface area contributed by atoms with E-state index in [1.807, 2.05) is 25.1 Å². The molecule has 5 nitrogen and oxygen atoms in total. The molecule has 0 radical (unpaired) electrons. The Hall–Kier alpha value is -0.863. The Balaban J connectivity index is 1.25. The highest BCUT2D eigenvalue weighted by Crippen LogP contribution is 2.46. The number of hydrogen-bond acceptors (Lipinski definition) is 6. The van der Waals surface area contributed by atoms with E-state index in [1.54, 1.807) is 11.8 Å². The van der Waals surface area contributed by atoms with Gasteiger partial charge in [-0.25, -0.2) is 0 Å². The van der Waals surface area contributed by atoms with Crippen LogP contribution in [0.4, 0.5) is 0 Å². The van der Waals surface area contributed by atoms with Crippen molar-refractivity contribution < 1.29 is 23.8 Å². The summed E-state index contributed by atoms with van der Waals surface area (Å²) in [6, 6.07) is 10.3. The van der Waals surface area contributed by atoms with Crippen molar-refractivity contribution in [3.05, 3.63) is 30.3 Å². The smallest absolute Gasteiger partial charge is 0.322 e. The van der Waals surface area contributed by atoms with E-state index < -0.39 is 13.1 Å². The second-order valence-corrected chi connectivity index (χ2v) is 24.9. The monoisotopic (exact) mass is 789 g/mol. The van der Waals surface area contributed by atoms with Crippen LogP contribution in [0.25, 0.3) is 0 Å². The van der Waals surface area contributed by atoms with Crippen LogP contribution >= 0.6 is 11.8 Å². The minimum atomic E-state index is -1.91. The minimum Gasteiger partial charge on any atom is -0.462 e. The SMILES string of the molecule is CCCCCCCCCCCC[C@@H](O[Si](C)(C)C(C)(C)C)[C@H]1CC[C@H]([C@H](O)CCCCCCCCCCCCC2(Sc3ccccc3)C[C@@H](C)OC2=O)O1. The second kappa shape index (κ2) is 25.5. The topological polar surface area (TPSA) is 65.0 Å². The lowest BCUT2D eigenvalue weighted by Gasteiger charge is -2.41. The van der Waals surface area contributed by atoms with Crippen molar-refractivity contribution >= 4 is 26.0 Å². The van der Waals surface area contributed by atoms with E-state index in [1.165, 1.54) is 116 Å². The summed E-state index contributed by atoms with van der Waals surface area (Å²) >= 11 is 1.71. The number of esters is 1. The Morgan fingerprint density at radius 3 is 1.80 bits per heavy atom. The van der Waals surface area contributed by atoms with Crippen molar-refractivity contribution in [3.63, 3.8) is 0 Å². The van der Waals surface area contributed by atoms with Gasteiger partial charge in [-0.05, 0) is 69.3 Å². The number of cyclic esters (lactones) is 1. The van der Waals surface area contributed by atoms with Gasteiger partial charge in [-0.15, -0.1) is 11.8 Å². The van der Waals surface area contributed by atoms with Gasteiger partial charge in [0.15, 0.2) is 8.32 Å². The molecule has 0 aliphatic carbocycles. The van der Waals surface area contributed by atoms with Crippen LogP contribution in [0.2, 0.25) is 18.1 Å². The van der Waals surface area contributed by atoms with E-state index in [9.17, 15) is 9.90 Å². The Morgan fingerprint density at radius 2 is 1.28 bits per heavy atom. The highest BCUT2D eigenvalue weighted by atomic mass is 32.2. The molecule has 1 unspecified atom stereocenters. The van der Waals surface area contributed by atoms with Crippen molar-refractivity contribution in [1.29, 1.82) is 0 Å². The van der Waals surface area contributed by atoms with Gasteiger partial charge in [0.05, 0.1) is 24.4 Å². The van der Waals surface area contributed by atoms with Gasteiger partial charge in [0.25, 0.3) is 0 Å². The Morgan fingerprint density at radius 1 is 0.778 bits per heavy atom. The zero-order chi connectivity index (χ0) is 39.3. The molecule has 6 atom stereocenters. The molecule has 7 heteroatoms. The summed E-state index contributed by atoms with van der Waals surface area (Å²) in [5.41, 5.74) is 0. The molecule has 2 fully saturated rings. The lowest BCUT2D eigenvalue weighted by molar-refractivity contribution is -0.142. The third-order valence-electron chi connectivity index (χ3n) is 12.7. The molecule has 3 rings (SSSR count). The molecule has 312 valence electrons. The van der Waals surface area contributed by atoms with Gasteiger partial charge in [0.2, 0.25) is 0 Å². The molecule has 0 bridgehead atoms. The van der Waals surface area contributed by atoms with Crippen LogP contribution in [-0.2, 0) is 18.7 Å². The summed E-state index contributed by atoms with van der Waals surface area (Å²) in [5.74, 6) is -0.0218. The summed E-state index contributed by atoms with van der Waals surface area (Å²) in [6.07, 6.45) is 31.2. The van der Waals surface area contributed by atoms with Crippen LogP contribution in [0, 0.1) is 0 Å². The summed E-state index contributed by atoms with van der Waals surface area (Å²) in [5, 5.41) is 11.3. The number of aliphatic hydroxyl groups excluding tert-OH is 1. The first-order chi connectivity index (χ1) is 25.9. The van der Waals surface area contributed by atoms with Gasteiger partial charge >= 0.3 is 5.97 Å². The maximum atomic E-state index is 12.9. The quantitative estimate of drug-likeness (QED) is 0.0476. The van der Waals surface area contributed by atoms with Gasteiger partial charge < -0.3 is 19.0 Å². The highest BCUT2D eigenvalue weighted by molar-refractivity contribution is 8.01. The van der Waals surface area contributed by atoms with Crippen molar-refractivity contribution in [2.75, 3.05) is 0 Å². The average molecular weight is 789 g/mol. The third-order valence-corrected chi connectivity index (χ3v) is 18.6. The Bertz CT molecular complexity index is 1120. The molecule has 1 aromatic rings. The summed E-state index contributed by atoms with van der Waals surface area (Å²) in [6.45, 7) is 16.1. The number of thioether (sulfide) groups is 1. The molecule has 1 N–H and O–H groups in total. The number of ether oxygens (including phenoxy) is 2. The zero-order valence-corrected chi connectivity index (χ0v) is 38.0. The van der Waals surface area contributed by atoms with Crippen molar-refractivity contribution in [1.82, 2.24) is 0 Å². The number of benzene rings is 1. The molecule has 54 heavy (non-hydrogen) atoms. The summed E-state index contributed by atoms with van der Waals surface area (Å²) in [4.78, 5) is 14.0. The van der Waals surface area contributed by atoms with Crippen LogP contribution in [0.15, 0.2) is 35.2 Å². The van der Waals surface area contributed by atoms with Gasteiger partial charge in [-0.3, -0.25) is 4.79 Å². The molecule has 2 aliphatic heterocycles. The third kappa shape index (κ3) is 17.3. The van der Waals surface area contributed by atoms with E-state index in [-0.39, 0.29) is 41.5 Å².